The van der Waals surface area contributed by atoms with Crippen LogP contribution in [0.3, 0.4) is 0 Å². The molecular weight excluding hydrogens is 354 g/mol. The Balaban J connectivity index is 2.23. The largest absolute Gasteiger partial charge is 0.462 e. The lowest BCUT2D eigenvalue weighted by molar-refractivity contribution is 0.0525. The molecule has 0 spiro atoms. The number of hydrogen-bond donors (Lipinski definition) is 0. The van der Waals surface area contributed by atoms with E-state index in [0.29, 0.717) is 27.6 Å². The Morgan fingerprint density at radius 1 is 0.964 bits per heavy atom. The van der Waals surface area contributed by atoms with Crippen molar-refractivity contribution >= 4 is 16.7 Å². The monoisotopic (exact) mass is 373 g/mol. The van der Waals surface area contributed by atoms with E-state index in [1.54, 1.807) is 6.92 Å². The molecule has 0 amide bonds. The van der Waals surface area contributed by atoms with Gasteiger partial charge in [0.15, 0.2) is 0 Å². The summed E-state index contributed by atoms with van der Waals surface area (Å²) in [6.07, 6.45) is 0. The normalized spacial score (nSPS) is 10.9. The zero-order valence-electron chi connectivity index (χ0n) is 15.6. The number of hydrogen-bond acceptors (Lipinski definition) is 4. The van der Waals surface area contributed by atoms with Gasteiger partial charge in [-0.1, -0.05) is 60.7 Å². The number of esters is 1. The minimum absolute atomic E-state index is 0.232. The highest BCUT2D eigenvalue weighted by molar-refractivity contribution is 6.14. The van der Waals surface area contributed by atoms with Crippen LogP contribution in [0.1, 0.15) is 17.3 Å². The van der Waals surface area contributed by atoms with Crippen LogP contribution >= 0.6 is 0 Å². The molecular formula is C23H19NO4. The molecule has 4 rings (SSSR count). The lowest BCUT2D eigenvalue weighted by Crippen LogP contribution is -2.29. The van der Waals surface area contributed by atoms with Crippen LogP contribution in [0.5, 0.6) is 0 Å². The van der Waals surface area contributed by atoms with Crippen LogP contribution in [0.25, 0.3) is 33.2 Å². The average Bonchev–Trinajstić information content (AvgIpc) is 2.91. The second kappa shape index (κ2) is 7.19. The number of pyridine rings is 1. The summed E-state index contributed by atoms with van der Waals surface area (Å²) >= 11 is 0. The lowest BCUT2D eigenvalue weighted by Gasteiger charge is -2.16. The van der Waals surface area contributed by atoms with Crippen molar-refractivity contribution in [3.8, 4) is 22.4 Å². The Bertz CT molecular complexity index is 1190. The highest BCUT2D eigenvalue weighted by Crippen LogP contribution is 2.37. The number of nitrogens with zero attached hydrogens (tertiary/aromatic N) is 1. The highest BCUT2D eigenvalue weighted by atomic mass is 16.6. The summed E-state index contributed by atoms with van der Waals surface area (Å²) in [6, 6.07) is 20.6. The van der Waals surface area contributed by atoms with Crippen molar-refractivity contribution in [3.63, 3.8) is 0 Å². The average molecular weight is 373 g/mol. The predicted octanol–water partition coefficient (Wildman–Crippen LogP) is 4.01. The maximum Gasteiger partial charge on any atom is 0.341 e. The molecule has 2 aliphatic rings. The van der Waals surface area contributed by atoms with Gasteiger partial charge in [0.05, 0.1) is 17.6 Å². The van der Waals surface area contributed by atoms with Crippen LogP contribution < -0.4 is 10.4 Å². The first-order valence-corrected chi connectivity index (χ1v) is 9.04. The third kappa shape index (κ3) is 2.72. The number of rotatable bonds is 4. The molecule has 1 aromatic carbocycles. The maximum absolute atomic E-state index is 13.3. The summed E-state index contributed by atoms with van der Waals surface area (Å²) in [6.45, 7) is 1.99. The van der Waals surface area contributed by atoms with Gasteiger partial charge in [-0.15, -0.1) is 4.73 Å². The van der Waals surface area contributed by atoms with Gasteiger partial charge in [0.1, 0.15) is 12.8 Å². The minimum atomic E-state index is -0.489. The first kappa shape index (κ1) is 17.8. The summed E-state index contributed by atoms with van der Waals surface area (Å²) < 4.78 is 6.52. The number of carbonyl (C=O) groups excluding carboxylic acids is 1. The molecule has 28 heavy (non-hydrogen) atoms. The lowest BCUT2D eigenvalue weighted by atomic mass is 10.0. The smallest absolute Gasteiger partial charge is 0.341 e. The van der Waals surface area contributed by atoms with E-state index in [1.807, 2.05) is 66.7 Å². The Labute approximate surface area is 162 Å². The molecule has 5 heteroatoms. The summed E-state index contributed by atoms with van der Waals surface area (Å²) in [7, 11) is 1.42. The molecule has 0 radical (unpaired) electrons. The molecule has 0 atom stereocenters. The third-order valence-electron chi connectivity index (χ3n) is 4.73. The Morgan fingerprint density at radius 2 is 1.61 bits per heavy atom. The molecule has 140 valence electrons. The molecule has 1 heterocycles. The topological polar surface area (TPSA) is 57.5 Å². The van der Waals surface area contributed by atoms with E-state index in [4.69, 9.17) is 9.57 Å². The Hall–Kier alpha value is -3.60. The number of ether oxygens (including phenoxy) is 1. The van der Waals surface area contributed by atoms with Gasteiger partial charge in [-0.25, -0.2) is 4.79 Å². The minimum Gasteiger partial charge on any atom is -0.462 e. The second-order valence-corrected chi connectivity index (χ2v) is 6.30. The van der Waals surface area contributed by atoms with Gasteiger partial charge < -0.3 is 9.57 Å². The molecule has 0 saturated heterocycles. The predicted molar refractivity (Wildman–Crippen MR) is 109 cm³/mol. The van der Waals surface area contributed by atoms with E-state index in [-0.39, 0.29) is 12.2 Å². The summed E-state index contributed by atoms with van der Waals surface area (Å²) in [5.74, 6) is -0.489. The highest BCUT2D eigenvalue weighted by Gasteiger charge is 2.27. The van der Waals surface area contributed by atoms with Crippen molar-refractivity contribution in [1.82, 2.24) is 4.73 Å². The van der Waals surface area contributed by atoms with E-state index in [1.165, 1.54) is 11.8 Å². The number of aromatic nitrogens is 1. The van der Waals surface area contributed by atoms with E-state index in [9.17, 15) is 9.59 Å². The van der Waals surface area contributed by atoms with Crippen molar-refractivity contribution in [2.24, 2.45) is 0 Å². The van der Waals surface area contributed by atoms with E-state index >= 15 is 0 Å². The maximum atomic E-state index is 13.3. The van der Waals surface area contributed by atoms with Crippen LogP contribution in [-0.2, 0) is 4.74 Å². The Morgan fingerprint density at radius 3 is 2.25 bits per heavy atom. The standard InChI is InChI=1S/C23H19NO4/c1-3-28-23(26)20-18-14-16-12-8-5-9-13-17(16)19(18)22(25)24(27-2)21(20)15-10-6-4-7-11-15/h4-14H,3H2,1-2H3. The Kier molecular flexibility index (Phi) is 4.57. The fraction of sp³-hybridized carbons (Fsp3) is 0.130. The van der Waals surface area contributed by atoms with Gasteiger partial charge >= 0.3 is 5.97 Å². The first-order valence-electron chi connectivity index (χ1n) is 9.04. The number of carbonyl (C=O) groups is 1. The van der Waals surface area contributed by atoms with Gasteiger partial charge in [0, 0.05) is 10.9 Å². The van der Waals surface area contributed by atoms with Gasteiger partial charge in [-0.05, 0) is 24.1 Å². The third-order valence-corrected chi connectivity index (χ3v) is 4.73. The number of benzene rings is 1. The van der Waals surface area contributed by atoms with Crippen molar-refractivity contribution in [2.45, 2.75) is 6.92 Å². The summed E-state index contributed by atoms with van der Waals surface area (Å²) in [5.41, 5.74) is 2.73. The van der Waals surface area contributed by atoms with Crippen LogP contribution in [0.4, 0.5) is 0 Å². The summed E-state index contributed by atoms with van der Waals surface area (Å²) in [4.78, 5) is 31.8. The van der Waals surface area contributed by atoms with E-state index in [2.05, 4.69) is 0 Å². The van der Waals surface area contributed by atoms with Crippen molar-refractivity contribution in [3.05, 3.63) is 82.6 Å². The molecule has 0 aliphatic heterocycles. The fourth-order valence-electron chi connectivity index (χ4n) is 3.59. The van der Waals surface area contributed by atoms with Gasteiger partial charge in [-0.2, -0.15) is 0 Å². The van der Waals surface area contributed by atoms with Gasteiger partial charge in [0.2, 0.25) is 0 Å². The first-order chi connectivity index (χ1) is 13.7. The molecule has 0 unspecified atom stereocenters. The van der Waals surface area contributed by atoms with E-state index in [0.717, 1.165) is 11.1 Å². The quantitative estimate of drug-likeness (QED) is 0.507. The van der Waals surface area contributed by atoms with Gasteiger partial charge in [0.25, 0.3) is 5.56 Å². The van der Waals surface area contributed by atoms with E-state index < -0.39 is 5.97 Å². The fourth-order valence-corrected chi connectivity index (χ4v) is 3.59. The van der Waals surface area contributed by atoms with Crippen LogP contribution in [0.15, 0.2) is 71.5 Å². The van der Waals surface area contributed by atoms with Gasteiger partial charge in [-0.3, -0.25) is 4.79 Å². The van der Waals surface area contributed by atoms with Crippen molar-refractivity contribution in [1.29, 1.82) is 0 Å². The molecule has 0 fully saturated rings. The van der Waals surface area contributed by atoms with Crippen molar-refractivity contribution < 1.29 is 14.4 Å². The molecule has 1 aromatic heterocycles. The zero-order chi connectivity index (χ0) is 19.7. The van der Waals surface area contributed by atoms with Crippen LogP contribution in [0.2, 0.25) is 0 Å². The molecule has 2 aromatic rings. The number of fused-ring (bicyclic) bond motifs is 3. The molecule has 2 aliphatic carbocycles. The SMILES string of the molecule is CCOC(=O)c1c(-c2ccccc2)n(OC)c(=O)c2c3cccccc-3cc12. The van der Waals surface area contributed by atoms with Crippen LogP contribution in [0, 0.1) is 0 Å². The second-order valence-electron chi connectivity index (χ2n) is 6.30. The van der Waals surface area contributed by atoms with Crippen molar-refractivity contribution in [2.75, 3.05) is 13.7 Å². The molecule has 0 bridgehead atoms. The molecule has 5 nitrogen and oxygen atoms in total. The van der Waals surface area contributed by atoms with Crippen LogP contribution in [-0.4, -0.2) is 24.4 Å². The molecule has 0 saturated carbocycles. The molecule has 0 N–H and O–H groups in total. The zero-order valence-corrected chi connectivity index (χ0v) is 15.6. The summed E-state index contributed by atoms with van der Waals surface area (Å²) in [5, 5.41) is 1.01.